The van der Waals surface area contributed by atoms with Crippen LogP contribution in [0.3, 0.4) is 0 Å². The summed E-state index contributed by atoms with van der Waals surface area (Å²) in [6.45, 7) is 7.06. The minimum absolute atomic E-state index is 0.0914. The van der Waals surface area contributed by atoms with Gasteiger partial charge in [0.2, 0.25) is 0 Å². The summed E-state index contributed by atoms with van der Waals surface area (Å²) in [6, 6.07) is 15.6. The Labute approximate surface area is 152 Å². The van der Waals surface area contributed by atoms with Gasteiger partial charge in [-0.2, -0.15) is 0 Å². The molecule has 130 valence electrons. The van der Waals surface area contributed by atoms with E-state index in [0.717, 1.165) is 48.3 Å². The standard InChI is InChI=1S/C20H22N2O2S/c1-2-15-25-19-6-4-3-5-18(19)20(23)21-16-7-9-17(10-8-16)22-11-13-24-14-12-22/h2-10H,1,11-15H2,(H,21,23). The summed E-state index contributed by atoms with van der Waals surface area (Å²) in [4.78, 5) is 15.9. The Morgan fingerprint density at radius 3 is 2.60 bits per heavy atom. The lowest BCUT2D eigenvalue weighted by Gasteiger charge is -2.28. The Kier molecular flexibility index (Phi) is 6.14. The van der Waals surface area contributed by atoms with Crippen molar-refractivity contribution < 1.29 is 9.53 Å². The summed E-state index contributed by atoms with van der Waals surface area (Å²) in [5.41, 5.74) is 2.64. The van der Waals surface area contributed by atoms with Gasteiger partial charge in [0.05, 0.1) is 18.8 Å². The number of morpholine rings is 1. The number of amides is 1. The zero-order valence-electron chi connectivity index (χ0n) is 14.1. The molecular weight excluding hydrogens is 332 g/mol. The molecule has 0 spiro atoms. The van der Waals surface area contributed by atoms with Crippen LogP contribution >= 0.6 is 11.8 Å². The number of nitrogens with zero attached hydrogens (tertiary/aromatic N) is 1. The highest BCUT2D eigenvalue weighted by atomic mass is 32.2. The lowest BCUT2D eigenvalue weighted by atomic mass is 10.2. The van der Waals surface area contributed by atoms with E-state index in [0.29, 0.717) is 5.56 Å². The fraction of sp³-hybridized carbons (Fsp3) is 0.250. The summed E-state index contributed by atoms with van der Waals surface area (Å²) in [5.74, 6) is 0.685. The number of hydrogen-bond donors (Lipinski definition) is 1. The van der Waals surface area contributed by atoms with E-state index in [1.54, 1.807) is 11.8 Å². The molecule has 0 aromatic heterocycles. The molecule has 0 aliphatic carbocycles. The first-order valence-electron chi connectivity index (χ1n) is 8.35. The van der Waals surface area contributed by atoms with Gasteiger partial charge in [-0.15, -0.1) is 18.3 Å². The number of thioether (sulfide) groups is 1. The van der Waals surface area contributed by atoms with Gasteiger partial charge < -0.3 is 15.0 Å². The Morgan fingerprint density at radius 2 is 1.88 bits per heavy atom. The molecule has 1 saturated heterocycles. The second-order valence-corrected chi connectivity index (χ2v) is 6.76. The molecule has 1 aliphatic heterocycles. The smallest absolute Gasteiger partial charge is 0.256 e. The van der Waals surface area contributed by atoms with Crippen LogP contribution in [0.5, 0.6) is 0 Å². The zero-order chi connectivity index (χ0) is 17.5. The summed E-state index contributed by atoms with van der Waals surface area (Å²) >= 11 is 1.61. The summed E-state index contributed by atoms with van der Waals surface area (Å²) in [5, 5.41) is 2.98. The van der Waals surface area contributed by atoms with Gasteiger partial charge in [-0.05, 0) is 36.4 Å². The SMILES string of the molecule is C=CCSc1ccccc1C(=O)Nc1ccc(N2CCOCC2)cc1. The molecule has 1 heterocycles. The Bertz CT molecular complexity index is 725. The molecule has 25 heavy (non-hydrogen) atoms. The fourth-order valence-corrected chi connectivity index (χ4v) is 3.49. The second-order valence-electron chi connectivity index (χ2n) is 5.70. The lowest BCUT2D eigenvalue weighted by Crippen LogP contribution is -2.36. The third kappa shape index (κ3) is 4.65. The maximum Gasteiger partial charge on any atom is 0.256 e. The van der Waals surface area contributed by atoms with E-state index < -0.39 is 0 Å². The van der Waals surface area contributed by atoms with Gasteiger partial charge in [-0.25, -0.2) is 0 Å². The van der Waals surface area contributed by atoms with Crippen LogP contribution in [0.15, 0.2) is 66.1 Å². The molecular formula is C20H22N2O2S. The number of hydrogen-bond acceptors (Lipinski definition) is 4. The van der Waals surface area contributed by atoms with Crippen molar-refractivity contribution in [3.8, 4) is 0 Å². The molecule has 5 heteroatoms. The number of benzene rings is 2. The first kappa shape index (κ1) is 17.6. The third-order valence-corrected chi connectivity index (χ3v) is 5.06. The Morgan fingerprint density at radius 1 is 1.16 bits per heavy atom. The highest BCUT2D eigenvalue weighted by Gasteiger charge is 2.13. The van der Waals surface area contributed by atoms with Crippen LogP contribution < -0.4 is 10.2 Å². The maximum absolute atomic E-state index is 12.6. The van der Waals surface area contributed by atoms with Crippen LogP contribution in [0.25, 0.3) is 0 Å². The van der Waals surface area contributed by atoms with Crippen LogP contribution in [-0.2, 0) is 4.74 Å². The van der Waals surface area contributed by atoms with Crippen molar-refractivity contribution in [2.45, 2.75) is 4.90 Å². The molecule has 0 saturated carbocycles. The van der Waals surface area contributed by atoms with Gasteiger partial charge in [0.25, 0.3) is 5.91 Å². The molecule has 2 aromatic carbocycles. The topological polar surface area (TPSA) is 41.6 Å². The van der Waals surface area contributed by atoms with Crippen LogP contribution in [0.1, 0.15) is 10.4 Å². The monoisotopic (exact) mass is 354 g/mol. The molecule has 1 fully saturated rings. The van der Waals surface area contributed by atoms with Crippen LogP contribution in [0, 0.1) is 0 Å². The normalized spacial score (nSPS) is 14.2. The summed E-state index contributed by atoms with van der Waals surface area (Å²) in [7, 11) is 0. The minimum atomic E-state index is -0.0914. The molecule has 1 N–H and O–H groups in total. The van der Waals surface area contributed by atoms with Crippen molar-refractivity contribution in [1.82, 2.24) is 0 Å². The van der Waals surface area contributed by atoms with E-state index in [9.17, 15) is 4.79 Å². The average Bonchev–Trinajstić information content (AvgIpc) is 2.68. The molecule has 3 rings (SSSR count). The van der Waals surface area contributed by atoms with Gasteiger partial charge in [-0.3, -0.25) is 4.79 Å². The fourth-order valence-electron chi connectivity index (χ4n) is 2.70. The van der Waals surface area contributed by atoms with Gasteiger partial charge in [0.15, 0.2) is 0 Å². The molecule has 1 amide bonds. The molecule has 0 unspecified atom stereocenters. The molecule has 2 aromatic rings. The quantitative estimate of drug-likeness (QED) is 0.628. The number of carbonyl (C=O) groups excluding carboxylic acids is 1. The third-order valence-electron chi connectivity index (χ3n) is 3.99. The first-order chi connectivity index (χ1) is 12.3. The molecule has 1 aliphatic rings. The minimum Gasteiger partial charge on any atom is -0.378 e. The van der Waals surface area contributed by atoms with Crippen molar-refractivity contribution in [2.75, 3.05) is 42.3 Å². The molecule has 0 bridgehead atoms. The van der Waals surface area contributed by atoms with Gasteiger partial charge in [0, 0.05) is 35.1 Å². The summed E-state index contributed by atoms with van der Waals surface area (Å²) in [6.07, 6.45) is 1.84. The van der Waals surface area contributed by atoms with E-state index in [2.05, 4.69) is 16.8 Å². The van der Waals surface area contributed by atoms with E-state index in [1.165, 1.54) is 0 Å². The number of anilines is 2. The highest BCUT2D eigenvalue weighted by Crippen LogP contribution is 2.24. The average molecular weight is 354 g/mol. The van der Waals surface area contributed by atoms with Crippen molar-refractivity contribution in [3.63, 3.8) is 0 Å². The zero-order valence-corrected chi connectivity index (χ0v) is 14.9. The Balaban J connectivity index is 1.67. The lowest BCUT2D eigenvalue weighted by molar-refractivity contribution is 0.102. The molecule has 0 radical (unpaired) electrons. The second kappa shape index (κ2) is 8.74. The summed E-state index contributed by atoms with van der Waals surface area (Å²) < 4.78 is 5.38. The largest absolute Gasteiger partial charge is 0.378 e. The van der Waals surface area contributed by atoms with Crippen LogP contribution in [-0.4, -0.2) is 38.0 Å². The van der Waals surface area contributed by atoms with E-state index >= 15 is 0 Å². The molecule has 0 atom stereocenters. The number of ether oxygens (including phenoxy) is 1. The van der Waals surface area contributed by atoms with Gasteiger partial charge in [-0.1, -0.05) is 18.2 Å². The van der Waals surface area contributed by atoms with Gasteiger partial charge in [0.1, 0.15) is 0 Å². The predicted molar refractivity (Wildman–Crippen MR) is 105 cm³/mol. The Hall–Kier alpha value is -2.24. The number of rotatable bonds is 6. The van der Waals surface area contributed by atoms with Gasteiger partial charge >= 0.3 is 0 Å². The van der Waals surface area contributed by atoms with Crippen molar-refractivity contribution >= 4 is 29.0 Å². The first-order valence-corrected chi connectivity index (χ1v) is 9.33. The van der Waals surface area contributed by atoms with E-state index in [4.69, 9.17) is 4.74 Å². The highest BCUT2D eigenvalue weighted by molar-refractivity contribution is 7.99. The van der Waals surface area contributed by atoms with E-state index in [-0.39, 0.29) is 5.91 Å². The van der Waals surface area contributed by atoms with Crippen molar-refractivity contribution in [2.24, 2.45) is 0 Å². The number of carbonyl (C=O) groups is 1. The molecule has 4 nitrogen and oxygen atoms in total. The van der Waals surface area contributed by atoms with Crippen LogP contribution in [0.2, 0.25) is 0 Å². The maximum atomic E-state index is 12.6. The van der Waals surface area contributed by atoms with Crippen LogP contribution in [0.4, 0.5) is 11.4 Å². The number of nitrogens with one attached hydrogen (secondary N) is 1. The van der Waals surface area contributed by atoms with E-state index in [1.807, 2.05) is 54.6 Å². The predicted octanol–water partition coefficient (Wildman–Crippen LogP) is 4.05. The van der Waals surface area contributed by atoms with Crippen molar-refractivity contribution in [3.05, 3.63) is 66.7 Å². The van der Waals surface area contributed by atoms with Crippen molar-refractivity contribution in [1.29, 1.82) is 0 Å².